The molecule has 0 radical (unpaired) electrons. The number of halogens is 1. The molecule has 0 spiro atoms. The molecule has 1 aromatic carbocycles. The minimum Gasteiger partial charge on any atom is -0.496 e. The van der Waals surface area contributed by atoms with Gasteiger partial charge in [0.2, 0.25) is 5.13 Å². The van der Waals surface area contributed by atoms with Gasteiger partial charge in [-0.05, 0) is 40.0 Å². The van der Waals surface area contributed by atoms with Crippen molar-refractivity contribution < 1.29 is 9.53 Å². The smallest absolute Gasteiger partial charge is 0.257 e. The Labute approximate surface area is 135 Å². The normalized spacial score (nSPS) is 10.7. The van der Waals surface area contributed by atoms with Crippen LogP contribution in [0.1, 0.15) is 29.2 Å². The molecular formula is C14H16BrN3O2S. The molecule has 0 aliphatic rings. The number of hydrogen-bond acceptors (Lipinski definition) is 5. The maximum atomic E-state index is 12.2. The molecule has 0 aliphatic heterocycles. The number of aromatic nitrogens is 2. The molecular weight excluding hydrogens is 354 g/mol. The molecule has 0 fully saturated rings. The molecule has 1 amide bonds. The van der Waals surface area contributed by atoms with Crippen LogP contribution >= 0.6 is 27.3 Å². The molecule has 5 nitrogen and oxygen atoms in total. The highest BCUT2D eigenvalue weighted by Gasteiger charge is 2.12. The zero-order chi connectivity index (χ0) is 15.4. The van der Waals surface area contributed by atoms with Crippen LogP contribution in [0.3, 0.4) is 0 Å². The van der Waals surface area contributed by atoms with Gasteiger partial charge in [-0.25, -0.2) is 0 Å². The number of methoxy groups -OCH3 is 1. The van der Waals surface area contributed by atoms with Gasteiger partial charge in [0.1, 0.15) is 10.8 Å². The van der Waals surface area contributed by atoms with Gasteiger partial charge in [-0.1, -0.05) is 25.2 Å². The first-order valence-electron chi connectivity index (χ1n) is 6.47. The van der Waals surface area contributed by atoms with Gasteiger partial charge in [0, 0.05) is 12.0 Å². The van der Waals surface area contributed by atoms with Gasteiger partial charge in [0.25, 0.3) is 5.91 Å². The van der Waals surface area contributed by atoms with E-state index in [1.165, 1.54) is 11.3 Å². The van der Waals surface area contributed by atoms with E-state index in [1.807, 2.05) is 0 Å². The summed E-state index contributed by atoms with van der Waals surface area (Å²) >= 11 is 4.77. The number of hydrogen-bond donors (Lipinski definition) is 1. The minimum atomic E-state index is -0.217. The number of amides is 1. The van der Waals surface area contributed by atoms with E-state index in [4.69, 9.17) is 4.74 Å². The number of nitrogens with zero attached hydrogens (tertiary/aromatic N) is 2. The Kier molecular flexibility index (Phi) is 5.30. The lowest BCUT2D eigenvalue weighted by Gasteiger charge is -2.05. The molecule has 0 aliphatic carbocycles. The fraction of sp³-hybridized carbons (Fsp3) is 0.357. The topological polar surface area (TPSA) is 64.1 Å². The Morgan fingerprint density at radius 1 is 1.43 bits per heavy atom. The summed E-state index contributed by atoms with van der Waals surface area (Å²) in [5.41, 5.74) is 0.531. The van der Waals surface area contributed by atoms with E-state index in [0.717, 1.165) is 15.9 Å². The number of carbonyl (C=O) groups is 1. The number of rotatable bonds is 5. The number of anilines is 1. The lowest BCUT2D eigenvalue weighted by molar-refractivity contribution is 0.102. The van der Waals surface area contributed by atoms with Crippen molar-refractivity contribution in [3.8, 4) is 5.75 Å². The summed E-state index contributed by atoms with van der Waals surface area (Å²) in [5, 5.41) is 12.3. The van der Waals surface area contributed by atoms with Crippen LogP contribution in [0, 0.1) is 5.92 Å². The lowest BCUT2D eigenvalue weighted by atomic mass is 10.1. The Morgan fingerprint density at radius 2 is 2.19 bits per heavy atom. The van der Waals surface area contributed by atoms with Gasteiger partial charge in [-0.3, -0.25) is 10.1 Å². The highest BCUT2D eigenvalue weighted by Crippen LogP contribution is 2.26. The number of nitrogens with one attached hydrogen (secondary N) is 1. The fourth-order valence-electron chi connectivity index (χ4n) is 1.71. The van der Waals surface area contributed by atoms with Crippen molar-refractivity contribution in [3.05, 3.63) is 33.2 Å². The molecule has 0 atom stereocenters. The van der Waals surface area contributed by atoms with Gasteiger partial charge < -0.3 is 4.74 Å². The Morgan fingerprint density at radius 3 is 2.81 bits per heavy atom. The summed E-state index contributed by atoms with van der Waals surface area (Å²) < 4.78 is 5.87. The average molecular weight is 370 g/mol. The molecule has 21 heavy (non-hydrogen) atoms. The van der Waals surface area contributed by atoms with E-state index in [9.17, 15) is 4.79 Å². The predicted molar refractivity (Wildman–Crippen MR) is 87.1 cm³/mol. The standard InChI is InChI=1S/C14H16BrN3O2S/c1-8(2)6-12-17-18-14(21-12)16-13(19)9-4-5-11(20-3)10(15)7-9/h4-5,7-8H,6H2,1-3H3,(H,16,18,19). The Balaban J connectivity index is 2.07. The predicted octanol–water partition coefficient (Wildman–Crippen LogP) is 3.76. The number of benzene rings is 1. The molecule has 1 aromatic heterocycles. The first-order chi connectivity index (χ1) is 9.99. The summed E-state index contributed by atoms with van der Waals surface area (Å²) in [6.07, 6.45) is 0.863. The van der Waals surface area contributed by atoms with Crippen molar-refractivity contribution >= 4 is 38.3 Å². The van der Waals surface area contributed by atoms with Crippen molar-refractivity contribution in [2.45, 2.75) is 20.3 Å². The highest BCUT2D eigenvalue weighted by molar-refractivity contribution is 9.10. The van der Waals surface area contributed by atoms with Gasteiger partial charge in [-0.15, -0.1) is 10.2 Å². The van der Waals surface area contributed by atoms with Crippen LogP contribution in [0.25, 0.3) is 0 Å². The molecule has 0 unspecified atom stereocenters. The van der Waals surface area contributed by atoms with Gasteiger partial charge >= 0.3 is 0 Å². The monoisotopic (exact) mass is 369 g/mol. The van der Waals surface area contributed by atoms with Crippen molar-refractivity contribution in [2.75, 3.05) is 12.4 Å². The van der Waals surface area contributed by atoms with Crippen molar-refractivity contribution in [1.29, 1.82) is 0 Å². The molecule has 0 saturated carbocycles. The van der Waals surface area contributed by atoms with Crippen LogP contribution in [0.4, 0.5) is 5.13 Å². The van der Waals surface area contributed by atoms with Gasteiger partial charge in [0.15, 0.2) is 0 Å². The fourth-order valence-corrected chi connectivity index (χ4v) is 3.20. The molecule has 2 aromatic rings. The van der Waals surface area contributed by atoms with Crippen LogP contribution in [-0.4, -0.2) is 23.2 Å². The number of carbonyl (C=O) groups excluding carboxylic acids is 1. The summed E-state index contributed by atoms with van der Waals surface area (Å²) in [5.74, 6) is 0.978. The van der Waals surface area contributed by atoms with Crippen LogP contribution in [-0.2, 0) is 6.42 Å². The maximum absolute atomic E-state index is 12.2. The minimum absolute atomic E-state index is 0.217. The second kappa shape index (κ2) is 7.00. The molecule has 2 rings (SSSR count). The molecule has 0 saturated heterocycles. The lowest BCUT2D eigenvalue weighted by Crippen LogP contribution is -2.11. The first-order valence-corrected chi connectivity index (χ1v) is 8.07. The molecule has 1 heterocycles. The molecule has 0 bridgehead atoms. The third-order valence-corrected chi connectivity index (χ3v) is 4.16. The SMILES string of the molecule is COc1ccc(C(=O)Nc2nnc(CC(C)C)s2)cc1Br. The van der Waals surface area contributed by atoms with Gasteiger partial charge in [0.05, 0.1) is 11.6 Å². The van der Waals surface area contributed by atoms with Crippen molar-refractivity contribution in [2.24, 2.45) is 5.92 Å². The van der Waals surface area contributed by atoms with Crippen LogP contribution in [0.15, 0.2) is 22.7 Å². The Hall–Kier alpha value is -1.47. The first kappa shape index (κ1) is 15.9. The molecule has 7 heteroatoms. The van der Waals surface area contributed by atoms with Crippen molar-refractivity contribution in [1.82, 2.24) is 10.2 Å². The summed E-state index contributed by atoms with van der Waals surface area (Å²) in [6.45, 7) is 4.24. The molecule has 112 valence electrons. The van der Waals surface area contributed by atoms with E-state index in [0.29, 0.717) is 22.4 Å². The zero-order valence-corrected chi connectivity index (χ0v) is 14.4. The Bertz CT molecular complexity index is 643. The van der Waals surface area contributed by atoms with E-state index < -0.39 is 0 Å². The largest absolute Gasteiger partial charge is 0.496 e. The van der Waals surface area contributed by atoms with E-state index in [2.05, 4.69) is 45.3 Å². The van der Waals surface area contributed by atoms with Gasteiger partial charge in [-0.2, -0.15) is 0 Å². The molecule has 1 N–H and O–H groups in total. The third kappa shape index (κ3) is 4.25. The van der Waals surface area contributed by atoms with E-state index >= 15 is 0 Å². The average Bonchev–Trinajstić information content (AvgIpc) is 2.84. The zero-order valence-electron chi connectivity index (χ0n) is 12.0. The maximum Gasteiger partial charge on any atom is 0.257 e. The summed E-state index contributed by atoms with van der Waals surface area (Å²) in [7, 11) is 1.58. The second-order valence-electron chi connectivity index (χ2n) is 4.90. The number of ether oxygens (including phenoxy) is 1. The van der Waals surface area contributed by atoms with Crippen molar-refractivity contribution in [3.63, 3.8) is 0 Å². The quantitative estimate of drug-likeness (QED) is 0.871. The highest BCUT2D eigenvalue weighted by atomic mass is 79.9. The second-order valence-corrected chi connectivity index (χ2v) is 6.82. The van der Waals surface area contributed by atoms with Crippen LogP contribution in [0.5, 0.6) is 5.75 Å². The summed E-state index contributed by atoms with van der Waals surface area (Å²) in [4.78, 5) is 12.2. The van der Waals surface area contributed by atoms with Crippen LogP contribution in [0.2, 0.25) is 0 Å². The van der Waals surface area contributed by atoms with E-state index in [1.54, 1.807) is 25.3 Å². The summed E-state index contributed by atoms with van der Waals surface area (Å²) in [6, 6.07) is 5.16. The van der Waals surface area contributed by atoms with Crippen LogP contribution < -0.4 is 10.1 Å². The third-order valence-electron chi connectivity index (χ3n) is 2.68. The van der Waals surface area contributed by atoms with E-state index in [-0.39, 0.29) is 5.91 Å².